The standard InChI is InChI=1S/C61H38OS/c1-61(2)52-32-36(37-23-27-51-55(34-37)62-54-31-30-50-48(59(51)54)28-29-49-42-15-9-10-21-56(42)63-60(49)50)22-25-40(52)41-26-24-38(33-53(41)61)57-44-16-5-7-18-46(44)58(47-19-8-6-17-45(47)57)43-20-11-13-35-12-3-4-14-39(35)43/h3-34H,1-2H3. The van der Waals surface area contributed by atoms with Gasteiger partial charge in [-0.15, -0.1) is 11.3 Å². The van der Waals surface area contributed by atoms with Gasteiger partial charge in [-0.2, -0.15) is 0 Å². The van der Waals surface area contributed by atoms with Crippen molar-refractivity contribution >= 4 is 96.5 Å². The number of thiophene rings is 1. The molecule has 2 aromatic heterocycles. The third-order valence-corrected chi connectivity index (χ3v) is 15.5. The van der Waals surface area contributed by atoms with Crippen molar-refractivity contribution in [3.05, 3.63) is 205 Å². The van der Waals surface area contributed by atoms with E-state index in [4.69, 9.17) is 4.42 Å². The minimum absolute atomic E-state index is 0.203. The maximum Gasteiger partial charge on any atom is 0.136 e. The van der Waals surface area contributed by atoms with Crippen molar-refractivity contribution in [3.8, 4) is 44.5 Å². The molecule has 0 radical (unpaired) electrons. The molecule has 11 aromatic carbocycles. The maximum absolute atomic E-state index is 6.65. The second-order valence-electron chi connectivity index (χ2n) is 17.9. The summed E-state index contributed by atoms with van der Waals surface area (Å²) in [5, 5.41) is 15.2. The van der Waals surface area contributed by atoms with Gasteiger partial charge >= 0.3 is 0 Å². The van der Waals surface area contributed by atoms with Gasteiger partial charge in [-0.1, -0.05) is 166 Å². The predicted molar refractivity (Wildman–Crippen MR) is 271 cm³/mol. The van der Waals surface area contributed by atoms with E-state index in [1.165, 1.54) is 119 Å². The van der Waals surface area contributed by atoms with Gasteiger partial charge in [-0.3, -0.25) is 0 Å². The summed E-state index contributed by atoms with van der Waals surface area (Å²) in [7, 11) is 0. The Morgan fingerprint density at radius 1 is 0.365 bits per heavy atom. The lowest BCUT2D eigenvalue weighted by molar-refractivity contribution is 0.661. The summed E-state index contributed by atoms with van der Waals surface area (Å²) in [5.41, 5.74) is 14.5. The van der Waals surface area contributed by atoms with E-state index < -0.39 is 0 Å². The quantitative estimate of drug-likeness (QED) is 0.162. The molecule has 0 unspecified atom stereocenters. The Hall–Kier alpha value is -7.52. The van der Waals surface area contributed by atoms with Crippen molar-refractivity contribution < 1.29 is 4.42 Å². The lowest BCUT2D eigenvalue weighted by atomic mass is 9.80. The van der Waals surface area contributed by atoms with Gasteiger partial charge in [-0.25, -0.2) is 0 Å². The van der Waals surface area contributed by atoms with Gasteiger partial charge in [0.1, 0.15) is 11.2 Å². The van der Waals surface area contributed by atoms with E-state index >= 15 is 0 Å². The number of hydrogen-bond acceptors (Lipinski definition) is 2. The monoisotopic (exact) mass is 818 g/mol. The SMILES string of the molecule is CC1(C)c2cc(-c3ccc4c(c3)oc3ccc5c(ccc6c7ccccc7sc65)c34)ccc2-c2ccc(-c3c4ccccc4c(-c4cccc5ccccc45)c4ccccc34)cc21. The minimum Gasteiger partial charge on any atom is -0.456 e. The highest BCUT2D eigenvalue weighted by Crippen LogP contribution is 2.53. The van der Waals surface area contributed by atoms with E-state index in [0.717, 1.165) is 22.1 Å². The lowest BCUT2D eigenvalue weighted by Crippen LogP contribution is -2.15. The molecule has 0 fully saturated rings. The third-order valence-electron chi connectivity index (χ3n) is 14.3. The Balaban J connectivity index is 0.881. The normalized spacial score (nSPS) is 13.4. The summed E-state index contributed by atoms with van der Waals surface area (Å²) in [4.78, 5) is 0. The van der Waals surface area contributed by atoms with Crippen molar-refractivity contribution in [3.63, 3.8) is 0 Å². The zero-order chi connectivity index (χ0) is 41.6. The molecule has 63 heavy (non-hydrogen) atoms. The molecule has 2 heterocycles. The summed E-state index contributed by atoms with van der Waals surface area (Å²) in [6.45, 7) is 4.79. The van der Waals surface area contributed by atoms with Crippen LogP contribution in [0.3, 0.4) is 0 Å². The summed E-state index contributed by atoms with van der Waals surface area (Å²) < 4.78 is 9.32. The number of fused-ring (bicyclic) bond motifs is 15. The van der Waals surface area contributed by atoms with Gasteiger partial charge in [0.05, 0.1) is 0 Å². The molecule has 1 aliphatic rings. The van der Waals surface area contributed by atoms with Crippen LogP contribution in [-0.4, -0.2) is 0 Å². The second kappa shape index (κ2) is 12.8. The van der Waals surface area contributed by atoms with Gasteiger partial charge in [0.25, 0.3) is 0 Å². The molecule has 0 spiro atoms. The molecule has 0 saturated heterocycles. The van der Waals surface area contributed by atoms with Gasteiger partial charge < -0.3 is 4.42 Å². The summed E-state index contributed by atoms with van der Waals surface area (Å²) in [6, 6.07) is 72.3. The van der Waals surface area contributed by atoms with E-state index in [1.54, 1.807) is 0 Å². The van der Waals surface area contributed by atoms with Gasteiger partial charge in [0.2, 0.25) is 0 Å². The Kier molecular flexibility index (Phi) is 7.12. The van der Waals surface area contributed by atoms with Crippen LogP contribution >= 0.6 is 11.3 Å². The molecule has 0 atom stereocenters. The van der Waals surface area contributed by atoms with Gasteiger partial charge in [0, 0.05) is 41.7 Å². The molecule has 0 N–H and O–H groups in total. The fraction of sp³-hybridized carbons (Fsp3) is 0.0492. The van der Waals surface area contributed by atoms with E-state index in [9.17, 15) is 0 Å². The minimum atomic E-state index is -0.203. The summed E-state index contributed by atoms with van der Waals surface area (Å²) in [5.74, 6) is 0. The summed E-state index contributed by atoms with van der Waals surface area (Å²) >= 11 is 1.88. The Labute approximate surface area is 368 Å². The topological polar surface area (TPSA) is 13.1 Å². The van der Waals surface area contributed by atoms with E-state index in [1.807, 2.05) is 11.3 Å². The van der Waals surface area contributed by atoms with Crippen LogP contribution in [0.25, 0.3) is 130 Å². The Morgan fingerprint density at radius 2 is 0.905 bits per heavy atom. The fourth-order valence-corrected chi connectivity index (χ4v) is 12.5. The first kappa shape index (κ1) is 35.1. The van der Waals surface area contributed by atoms with Crippen LogP contribution in [0, 0.1) is 0 Å². The molecule has 14 rings (SSSR count). The molecular formula is C61H38OS. The van der Waals surface area contributed by atoms with Crippen LogP contribution < -0.4 is 0 Å². The van der Waals surface area contributed by atoms with Crippen LogP contribution in [0.5, 0.6) is 0 Å². The zero-order valence-corrected chi connectivity index (χ0v) is 35.6. The third kappa shape index (κ3) is 4.87. The second-order valence-corrected chi connectivity index (χ2v) is 19.0. The van der Waals surface area contributed by atoms with Crippen LogP contribution in [0.4, 0.5) is 0 Å². The van der Waals surface area contributed by atoms with Crippen LogP contribution in [-0.2, 0) is 5.41 Å². The molecule has 1 aliphatic carbocycles. The van der Waals surface area contributed by atoms with Crippen LogP contribution in [0.2, 0.25) is 0 Å². The van der Waals surface area contributed by atoms with Gasteiger partial charge in [-0.05, 0) is 136 Å². The number of hydrogen-bond donors (Lipinski definition) is 0. The molecule has 0 bridgehead atoms. The van der Waals surface area contributed by atoms with Crippen molar-refractivity contribution in [2.45, 2.75) is 19.3 Å². The number of rotatable bonds is 3. The highest BCUT2D eigenvalue weighted by atomic mass is 32.1. The molecule has 0 saturated carbocycles. The fourth-order valence-electron chi connectivity index (χ4n) is 11.3. The van der Waals surface area contributed by atoms with E-state index in [0.29, 0.717) is 0 Å². The lowest BCUT2D eigenvalue weighted by Gasteiger charge is -2.23. The van der Waals surface area contributed by atoms with Crippen molar-refractivity contribution in [2.75, 3.05) is 0 Å². The van der Waals surface area contributed by atoms with Crippen LogP contribution in [0.15, 0.2) is 199 Å². The smallest absolute Gasteiger partial charge is 0.136 e. The molecular weight excluding hydrogens is 781 g/mol. The van der Waals surface area contributed by atoms with Crippen molar-refractivity contribution in [1.82, 2.24) is 0 Å². The number of benzene rings is 11. The average molecular weight is 819 g/mol. The molecule has 2 heteroatoms. The largest absolute Gasteiger partial charge is 0.456 e. The van der Waals surface area contributed by atoms with Crippen LogP contribution in [0.1, 0.15) is 25.0 Å². The average Bonchev–Trinajstić information content (AvgIpc) is 3.97. The first-order valence-corrected chi connectivity index (χ1v) is 22.7. The molecule has 0 aliphatic heterocycles. The maximum atomic E-state index is 6.65. The Bertz CT molecular complexity index is 4060. The highest BCUT2D eigenvalue weighted by Gasteiger charge is 2.36. The van der Waals surface area contributed by atoms with Gasteiger partial charge in [0.15, 0.2) is 0 Å². The molecule has 294 valence electrons. The number of furan rings is 1. The van der Waals surface area contributed by atoms with E-state index in [2.05, 4.69) is 208 Å². The predicted octanol–water partition coefficient (Wildman–Crippen LogP) is 17.9. The first-order chi connectivity index (χ1) is 31.0. The highest BCUT2D eigenvalue weighted by molar-refractivity contribution is 7.26. The molecule has 0 amide bonds. The summed E-state index contributed by atoms with van der Waals surface area (Å²) in [6.07, 6.45) is 0. The Morgan fingerprint density at radius 3 is 1.67 bits per heavy atom. The van der Waals surface area contributed by atoms with E-state index in [-0.39, 0.29) is 5.41 Å². The molecule has 1 nitrogen and oxygen atoms in total. The van der Waals surface area contributed by atoms with Crippen molar-refractivity contribution in [1.29, 1.82) is 0 Å². The van der Waals surface area contributed by atoms with Crippen molar-refractivity contribution in [2.24, 2.45) is 0 Å². The zero-order valence-electron chi connectivity index (χ0n) is 34.8. The first-order valence-electron chi connectivity index (χ1n) is 21.9. The molecule has 13 aromatic rings.